The molecule has 0 N–H and O–H groups in total. The third-order valence-corrected chi connectivity index (χ3v) is 7.33. The van der Waals surface area contributed by atoms with Gasteiger partial charge in [0.25, 0.3) is 0 Å². The summed E-state index contributed by atoms with van der Waals surface area (Å²) in [6, 6.07) is 0.279. The van der Waals surface area contributed by atoms with Crippen LogP contribution in [0.15, 0.2) is 0 Å². The molecule has 0 saturated carbocycles. The summed E-state index contributed by atoms with van der Waals surface area (Å²) < 4.78 is 26.3. The zero-order valence-electron chi connectivity index (χ0n) is 16.4. The molecule has 0 unspecified atom stereocenters. The topological polar surface area (TPSA) is 69.6 Å². The number of piperidine rings is 1. The normalized spacial score (nSPS) is 18.9. The second kappa shape index (κ2) is 7.68. The molecule has 0 bridgehead atoms. The summed E-state index contributed by atoms with van der Waals surface area (Å²) in [6.45, 7) is 8.82. The zero-order valence-corrected chi connectivity index (χ0v) is 17.2. The van der Waals surface area contributed by atoms with Crippen LogP contribution < -0.4 is 9.80 Å². The molecule has 1 saturated heterocycles. The average molecular weight is 382 g/mol. The molecule has 1 fully saturated rings. The van der Waals surface area contributed by atoms with Gasteiger partial charge in [-0.2, -0.15) is 9.29 Å². The van der Waals surface area contributed by atoms with Gasteiger partial charge in [0.15, 0.2) is 0 Å². The molecule has 1 aromatic rings. The van der Waals surface area contributed by atoms with Crippen molar-refractivity contribution in [2.24, 2.45) is 0 Å². The highest BCUT2D eigenvalue weighted by atomic mass is 32.2. The van der Waals surface area contributed by atoms with Crippen LogP contribution in [0.1, 0.15) is 51.3 Å². The second-order valence-corrected chi connectivity index (χ2v) is 9.77. The number of anilines is 2. The SMILES string of the molecule is CCS(=O)(=O)N1CCc2nc(N3CCCCC3)nc(N(C)C(C)C)c2C1. The fourth-order valence-electron chi connectivity index (χ4n) is 3.55. The maximum absolute atomic E-state index is 12.4. The van der Waals surface area contributed by atoms with E-state index in [0.717, 1.165) is 36.1 Å². The smallest absolute Gasteiger partial charge is 0.227 e. The van der Waals surface area contributed by atoms with Gasteiger partial charge in [-0.15, -0.1) is 0 Å². The van der Waals surface area contributed by atoms with E-state index in [-0.39, 0.29) is 11.8 Å². The van der Waals surface area contributed by atoms with Crippen molar-refractivity contribution in [1.82, 2.24) is 14.3 Å². The molecule has 0 radical (unpaired) electrons. The van der Waals surface area contributed by atoms with Crippen molar-refractivity contribution < 1.29 is 8.42 Å². The first-order chi connectivity index (χ1) is 12.3. The van der Waals surface area contributed by atoms with Crippen molar-refractivity contribution in [2.75, 3.05) is 42.2 Å². The predicted octanol–water partition coefficient (Wildman–Crippen LogP) is 2.02. The van der Waals surface area contributed by atoms with Crippen LogP contribution in [0.2, 0.25) is 0 Å². The van der Waals surface area contributed by atoms with E-state index in [1.54, 1.807) is 11.2 Å². The van der Waals surface area contributed by atoms with Crippen molar-refractivity contribution >= 4 is 21.8 Å². The van der Waals surface area contributed by atoms with Crippen LogP contribution in [0.5, 0.6) is 0 Å². The van der Waals surface area contributed by atoms with Gasteiger partial charge in [0.2, 0.25) is 16.0 Å². The number of hydrogen-bond acceptors (Lipinski definition) is 6. The van der Waals surface area contributed by atoms with E-state index in [1.807, 2.05) is 7.05 Å². The lowest BCUT2D eigenvalue weighted by atomic mass is 10.1. The summed E-state index contributed by atoms with van der Waals surface area (Å²) in [5, 5.41) is 0. The largest absolute Gasteiger partial charge is 0.357 e. The van der Waals surface area contributed by atoms with Crippen molar-refractivity contribution in [1.29, 1.82) is 0 Å². The van der Waals surface area contributed by atoms with Crippen LogP contribution >= 0.6 is 0 Å². The predicted molar refractivity (Wildman–Crippen MR) is 105 cm³/mol. The van der Waals surface area contributed by atoms with E-state index in [9.17, 15) is 8.42 Å². The molecule has 3 heterocycles. The Bertz CT molecular complexity index is 744. The maximum Gasteiger partial charge on any atom is 0.227 e. The molecule has 1 aromatic heterocycles. The van der Waals surface area contributed by atoms with Crippen molar-refractivity contribution in [3.05, 3.63) is 11.3 Å². The highest BCUT2D eigenvalue weighted by molar-refractivity contribution is 7.89. The Hall–Kier alpha value is -1.41. The van der Waals surface area contributed by atoms with Crippen LogP contribution in [0.3, 0.4) is 0 Å². The third kappa shape index (κ3) is 3.81. The van der Waals surface area contributed by atoms with Crippen molar-refractivity contribution in [2.45, 2.75) is 59.0 Å². The number of nitrogens with zero attached hydrogens (tertiary/aromatic N) is 5. The number of fused-ring (bicyclic) bond motifs is 1. The summed E-state index contributed by atoms with van der Waals surface area (Å²) >= 11 is 0. The van der Waals surface area contributed by atoms with Crippen molar-refractivity contribution in [3.63, 3.8) is 0 Å². The Kier molecular flexibility index (Phi) is 5.72. The van der Waals surface area contributed by atoms with E-state index < -0.39 is 10.0 Å². The summed E-state index contributed by atoms with van der Waals surface area (Å²) in [6.07, 6.45) is 4.28. The van der Waals surface area contributed by atoms with Crippen LogP contribution in [-0.4, -0.2) is 61.2 Å². The minimum Gasteiger partial charge on any atom is -0.357 e. The molecule has 2 aliphatic rings. The Labute approximate surface area is 157 Å². The first-order valence-electron chi connectivity index (χ1n) is 9.69. The average Bonchev–Trinajstić information content (AvgIpc) is 2.66. The number of sulfonamides is 1. The van der Waals surface area contributed by atoms with Crippen LogP contribution in [0.4, 0.5) is 11.8 Å². The molecular weight excluding hydrogens is 350 g/mol. The maximum atomic E-state index is 12.4. The third-order valence-electron chi connectivity index (χ3n) is 5.50. The quantitative estimate of drug-likeness (QED) is 0.777. The van der Waals surface area contributed by atoms with Gasteiger partial charge < -0.3 is 9.80 Å². The molecule has 0 amide bonds. The molecule has 146 valence electrons. The van der Waals surface area contributed by atoms with E-state index >= 15 is 0 Å². The lowest BCUT2D eigenvalue weighted by Crippen LogP contribution is -2.40. The number of aromatic nitrogens is 2. The molecule has 0 aromatic carbocycles. The van der Waals surface area contributed by atoms with Gasteiger partial charge in [0, 0.05) is 51.3 Å². The summed E-state index contributed by atoms with van der Waals surface area (Å²) in [4.78, 5) is 14.2. The molecule has 7 nitrogen and oxygen atoms in total. The number of rotatable bonds is 5. The van der Waals surface area contributed by atoms with Gasteiger partial charge in [-0.1, -0.05) is 0 Å². The molecular formula is C18H31N5O2S. The van der Waals surface area contributed by atoms with Gasteiger partial charge in [-0.05, 0) is 40.0 Å². The Balaban J connectivity index is 2.01. The first kappa shape index (κ1) is 19.4. The summed E-state index contributed by atoms with van der Waals surface area (Å²) in [7, 11) is -1.18. The fraction of sp³-hybridized carbons (Fsp3) is 0.778. The van der Waals surface area contributed by atoms with E-state index in [0.29, 0.717) is 19.5 Å². The molecule has 0 atom stereocenters. The molecule has 0 spiro atoms. The molecule has 26 heavy (non-hydrogen) atoms. The van der Waals surface area contributed by atoms with Crippen molar-refractivity contribution in [3.8, 4) is 0 Å². The molecule has 0 aliphatic carbocycles. The number of hydrogen-bond donors (Lipinski definition) is 0. The minimum absolute atomic E-state index is 0.129. The van der Waals surface area contributed by atoms with Gasteiger partial charge >= 0.3 is 0 Å². The fourth-order valence-corrected chi connectivity index (χ4v) is 4.61. The van der Waals surface area contributed by atoms with Gasteiger partial charge in [0.05, 0.1) is 11.4 Å². The van der Waals surface area contributed by atoms with E-state index in [2.05, 4.69) is 23.6 Å². The van der Waals surface area contributed by atoms with E-state index in [4.69, 9.17) is 9.97 Å². The second-order valence-electron chi connectivity index (χ2n) is 7.51. The van der Waals surface area contributed by atoms with Crippen LogP contribution in [0, 0.1) is 0 Å². The molecule has 3 rings (SSSR count). The minimum atomic E-state index is -3.21. The zero-order chi connectivity index (χ0) is 18.9. The molecule has 2 aliphatic heterocycles. The standard InChI is InChI=1S/C18H31N5O2S/c1-5-26(24,25)23-12-9-16-15(13-23)17(21(4)14(2)3)20-18(19-16)22-10-7-6-8-11-22/h14H,5-13H2,1-4H3. The summed E-state index contributed by atoms with van der Waals surface area (Å²) in [5.41, 5.74) is 1.97. The Morgan fingerprint density at radius 1 is 1.12 bits per heavy atom. The monoisotopic (exact) mass is 381 g/mol. The Morgan fingerprint density at radius 3 is 2.42 bits per heavy atom. The van der Waals surface area contributed by atoms with Crippen LogP contribution in [0.25, 0.3) is 0 Å². The first-order valence-corrected chi connectivity index (χ1v) is 11.3. The molecule has 8 heteroatoms. The lowest BCUT2D eigenvalue weighted by molar-refractivity contribution is 0.387. The highest BCUT2D eigenvalue weighted by Gasteiger charge is 2.31. The van der Waals surface area contributed by atoms with E-state index in [1.165, 1.54) is 19.3 Å². The van der Waals surface area contributed by atoms with Gasteiger partial charge in [0.1, 0.15) is 5.82 Å². The highest BCUT2D eigenvalue weighted by Crippen LogP contribution is 2.31. The van der Waals surface area contributed by atoms with Crippen LogP contribution in [-0.2, 0) is 23.0 Å². The van der Waals surface area contributed by atoms with Gasteiger partial charge in [-0.25, -0.2) is 13.4 Å². The summed E-state index contributed by atoms with van der Waals surface area (Å²) in [5.74, 6) is 1.81. The lowest BCUT2D eigenvalue weighted by Gasteiger charge is -2.34. The van der Waals surface area contributed by atoms with Gasteiger partial charge in [-0.3, -0.25) is 0 Å². The Morgan fingerprint density at radius 2 is 1.81 bits per heavy atom.